The molecule has 1 heterocycles. The third-order valence-corrected chi connectivity index (χ3v) is 4.01. The highest BCUT2D eigenvalue weighted by atomic mass is 19.1. The van der Waals surface area contributed by atoms with Gasteiger partial charge in [-0.2, -0.15) is 5.26 Å². The second-order valence-corrected chi connectivity index (χ2v) is 7.49. The molecule has 0 amide bonds. The number of benzene rings is 2. The lowest BCUT2D eigenvalue weighted by atomic mass is 10.0. The van der Waals surface area contributed by atoms with Crippen LogP contribution in [0.3, 0.4) is 0 Å². The van der Waals surface area contributed by atoms with Gasteiger partial charge >= 0.3 is 0 Å². The number of hydrogen-bond acceptors (Lipinski definition) is 3. The van der Waals surface area contributed by atoms with Crippen molar-refractivity contribution in [2.24, 2.45) is 5.73 Å². The van der Waals surface area contributed by atoms with Crippen LogP contribution in [0.4, 0.5) is 4.39 Å². The number of nitriles is 1. The Kier molecular flexibility index (Phi) is 15.2. The number of aryl methyl sites for hydroxylation is 1. The van der Waals surface area contributed by atoms with E-state index < -0.39 is 0 Å². The van der Waals surface area contributed by atoms with Gasteiger partial charge in [0.1, 0.15) is 5.82 Å². The van der Waals surface area contributed by atoms with E-state index in [-0.39, 0.29) is 5.82 Å². The number of allylic oxidation sites excluding steroid dienone is 1. The molecule has 0 saturated carbocycles. The quantitative estimate of drug-likeness (QED) is 0.421. The van der Waals surface area contributed by atoms with Crippen LogP contribution in [-0.4, -0.2) is 11.0 Å². The minimum Gasteiger partial charge on any atom is -0.328 e. The van der Waals surface area contributed by atoms with Crippen LogP contribution in [0.1, 0.15) is 50.8 Å². The number of nitrogens with two attached hydrogens (primary N) is 1. The molecule has 33 heavy (non-hydrogen) atoms. The second-order valence-electron chi connectivity index (χ2n) is 7.49. The summed E-state index contributed by atoms with van der Waals surface area (Å²) in [6.45, 7) is 17.8. The monoisotopic (exact) mass is 445 g/mol. The lowest BCUT2D eigenvalue weighted by Gasteiger charge is -2.04. The molecule has 0 aliphatic carbocycles. The summed E-state index contributed by atoms with van der Waals surface area (Å²) in [5.74, 6) is -0.133. The number of nitrogens with zero attached hydrogens (tertiary/aromatic N) is 2. The van der Waals surface area contributed by atoms with Crippen molar-refractivity contribution in [2.45, 2.75) is 46.6 Å². The molecule has 0 bridgehead atoms. The van der Waals surface area contributed by atoms with Gasteiger partial charge in [0.05, 0.1) is 17.3 Å². The zero-order valence-electron chi connectivity index (χ0n) is 20.3. The fraction of sp³-hybridized carbons (Fsp3) is 0.241. The molecule has 2 N–H and O–H groups in total. The summed E-state index contributed by atoms with van der Waals surface area (Å²) in [6.07, 6.45) is 3.83. The predicted molar refractivity (Wildman–Crippen MR) is 140 cm³/mol. The first-order valence-electron chi connectivity index (χ1n) is 10.9. The van der Waals surface area contributed by atoms with Crippen LogP contribution in [0.25, 0.3) is 16.8 Å². The van der Waals surface area contributed by atoms with E-state index >= 15 is 0 Å². The zero-order valence-corrected chi connectivity index (χ0v) is 20.3. The third kappa shape index (κ3) is 12.2. The van der Waals surface area contributed by atoms with E-state index in [4.69, 9.17) is 11.0 Å². The Labute approximate surface area is 199 Å². The van der Waals surface area contributed by atoms with Gasteiger partial charge in [-0.25, -0.2) is 4.39 Å². The van der Waals surface area contributed by atoms with Gasteiger partial charge in [0.2, 0.25) is 0 Å². The molecule has 0 fully saturated rings. The standard InChI is InChI=1S/C15H12N2.C9H11F.C3H9N.C2H4/c1-11(2)13-7-8-15(17-10-13)14-6-4-3-5-12(14)9-16;1-2-4-8-5-3-6-9(10)7-8;1-3(2)4;1-2/h3-8,10H,1H2,2H3;3,5-7H,2,4H2,1H3;3H,4H2,1-2H3;1-2H2. The molecule has 0 aliphatic rings. The van der Waals surface area contributed by atoms with Gasteiger partial charge in [-0.05, 0) is 60.4 Å². The van der Waals surface area contributed by atoms with Crippen LogP contribution in [0, 0.1) is 17.1 Å². The molecule has 1 aromatic heterocycles. The largest absolute Gasteiger partial charge is 0.328 e. The van der Waals surface area contributed by atoms with Gasteiger partial charge in [-0.1, -0.05) is 70.2 Å². The number of aromatic nitrogens is 1. The molecule has 0 spiro atoms. The smallest absolute Gasteiger partial charge is 0.123 e. The molecule has 3 aromatic rings. The maximum absolute atomic E-state index is 12.5. The minimum absolute atomic E-state index is 0.133. The molecular formula is C29H36FN3. The van der Waals surface area contributed by atoms with E-state index in [1.54, 1.807) is 24.4 Å². The lowest BCUT2D eigenvalue weighted by Crippen LogP contribution is -2.06. The van der Waals surface area contributed by atoms with E-state index in [9.17, 15) is 4.39 Å². The first-order chi connectivity index (χ1) is 15.8. The average Bonchev–Trinajstić information content (AvgIpc) is 2.81. The van der Waals surface area contributed by atoms with Gasteiger partial charge < -0.3 is 5.73 Å². The Bertz CT molecular complexity index is 999. The van der Waals surface area contributed by atoms with Crippen LogP contribution in [0.5, 0.6) is 0 Å². The highest BCUT2D eigenvalue weighted by molar-refractivity contribution is 5.69. The van der Waals surface area contributed by atoms with E-state index in [0.717, 1.165) is 40.8 Å². The normalized spacial score (nSPS) is 9.15. The van der Waals surface area contributed by atoms with Gasteiger partial charge in [-0.15, -0.1) is 13.2 Å². The van der Waals surface area contributed by atoms with Crippen molar-refractivity contribution in [3.63, 3.8) is 0 Å². The minimum atomic E-state index is -0.133. The van der Waals surface area contributed by atoms with Gasteiger partial charge in [0, 0.05) is 11.8 Å². The second kappa shape index (κ2) is 17.1. The molecule has 3 rings (SSSR count). The van der Waals surface area contributed by atoms with Crippen LogP contribution >= 0.6 is 0 Å². The van der Waals surface area contributed by atoms with Crippen molar-refractivity contribution in [1.82, 2.24) is 4.98 Å². The molecule has 174 valence electrons. The first kappa shape index (κ1) is 29.5. The van der Waals surface area contributed by atoms with E-state index in [1.165, 1.54) is 6.07 Å². The zero-order chi connectivity index (χ0) is 25.2. The summed E-state index contributed by atoms with van der Waals surface area (Å²) in [7, 11) is 0. The number of rotatable bonds is 4. The van der Waals surface area contributed by atoms with E-state index in [2.05, 4.69) is 37.7 Å². The van der Waals surface area contributed by atoms with Crippen LogP contribution in [0.15, 0.2) is 86.6 Å². The summed E-state index contributed by atoms with van der Waals surface area (Å²) in [5.41, 5.74) is 10.5. The summed E-state index contributed by atoms with van der Waals surface area (Å²) < 4.78 is 12.5. The third-order valence-electron chi connectivity index (χ3n) is 4.01. The van der Waals surface area contributed by atoms with Gasteiger partial charge in [-0.3, -0.25) is 4.98 Å². The Morgan fingerprint density at radius 2 is 1.73 bits per heavy atom. The number of hydrogen-bond donors (Lipinski definition) is 1. The van der Waals surface area contributed by atoms with Crippen LogP contribution in [-0.2, 0) is 6.42 Å². The highest BCUT2D eigenvalue weighted by Crippen LogP contribution is 2.22. The van der Waals surface area contributed by atoms with Crippen molar-refractivity contribution in [3.8, 4) is 17.3 Å². The van der Waals surface area contributed by atoms with Crippen LogP contribution < -0.4 is 5.73 Å². The Hall–Kier alpha value is -3.55. The molecular weight excluding hydrogens is 409 g/mol. The molecule has 2 aromatic carbocycles. The molecule has 0 radical (unpaired) electrons. The average molecular weight is 446 g/mol. The number of pyridine rings is 1. The van der Waals surface area contributed by atoms with E-state index in [1.807, 2.05) is 57.2 Å². The number of halogens is 1. The Morgan fingerprint density at radius 1 is 1.09 bits per heavy atom. The van der Waals surface area contributed by atoms with Crippen molar-refractivity contribution >= 4 is 5.57 Å². The molecule has 4 heteroatoms. The van der Waals surface area contributed by atoms with Crippen molar-refractivity contribution in [1.29, 1.82) is 5.26 Å². The highest BCUT2D eigenvalue weighted by Gasteiger charge is 2.05. The molecule has 3 nitrogen and oxygen atoms in total. The summed E-state index contributed by atoms with van der Waals surface area (Å²) >= 11 is 0. The maximum Gasteiger partial charge on any atom is 0.123 e. The summed E-state index contributed by atoms with van der Waals surface area (Å²) in [6, 6.07) is 20.6. The van der Waals surface area contributed by atoms with Crippen molar-refractivity contribution in [2.75, 3.05) is 0 Å². The van der Waals surface area contributed by atoms with Gasteiger partial charge in [0.15, 0.2) is 0 Å². The molecule has 0 aliphatic heterocycles. The fourth-order valence-electron chi connectivity index (χ4n) is 2.59. The maximum atomic E-state index is 12.5. The lowest BCUT2D eigenvalue weighted by molar-refractivity contribution is 0.625. The first-order valence-corrected chi connectivity index (χ1v) is 10.9. The van der Waals surface area contributed by atoms with Crippen molar-refractivity contribution in [3.05, 3.63) is 109 Å². The summed E-state index contributed by atoms with van der Waals surface area (Å²) in [5, 5.41) is 9.03. The van der Waals surface area contributed by atoms with E-state index in [0.29, 0.717) is 11.6 Å². The SMILES string of the molecule is C=C.C=C(C)c1ccc(-c2ccccc2C#N)nc1.CC(C)N.CCCc1cccc(F)c1. The molecule has 0 unspecified atom stereocenters. The summed E-state index contributed by atoms with van der Waals surface area (Å²) in [4.78, 5) is 4.37. The molecule has 0 atom stereocenters. The fourth-order valence-corrected chi connectivity index (χ4v) is 2.59. The molecule has 0 saturated heterocycles. The van der Waals surface area contributed by atoms with Crippen molar-refractivity contribution < 1.29 is 4.39 Å². The van der Waals surface area contributed by atoms with Crippen LogP contribution in [0.2, 0.25) is 0 Å². The Balaban J connectivity index is 0.000000543. The Morgan fingerprint density at radius 3 is 2.21 bits per heavy atom. The predicted octanol–water partition coefficient (Wildman–Crippen LogP) is 7.59. The topological polar surface area (TPSA) is 62.7 Å². The van der Waals surface area contributed by atoms with Gasteiger partial charge in [0.25, 0.3) is 0 Å².